The van der Waals surface area contributed by atoms with Crippen molar-refractivity contribution in [2.45, 2.75) is 51.2 Å². The van der Waals surface area contributed by atoms with E-state index in [2.05, 4.69) is 33.2 Å². The maximum absolute atomic E-state index is 12.9. The summed E-state index contributed by atoms with van der Waals surface area (Å²) in [6.07, 6.45) is 6.06. The van der Waals surface area contributed by atoms with E-state index in [-0.39, 0.29) is 29.4 Å². The Balaban J connectivity index is 1.73. The Bertz CT molecular complexity index is 952. The van der Waals surface area contributed by atoms with Crippen molar-refractivity contribution in [3.05, 3.63) is 48.7 Å². The van der Waals surface area contributed by atoms with Gasteiger partial charge in [-0.15, -0.1) is 6.58 Å². The molecule has 6 heteroatoms. The predicted octanol–water partition coefficient (Wildman–Crippen LogP) is 3.98. The largest absolute Gasteiger partial charge is 0.508 e. The summed E-state index contributed by atoms with van der Waals surface area (Å²) in [5.74, 6) is 1.30. The van der Waals surface area contributed by atoms with Gasteiger partial charge in [0.15, 0.2) is 0 Å². The van der Waals surface area contributed by atoms with Gasteiger partial charge < -0.3 is 15.7 Å². The van der Waals surface area contributed by atoms with Crippen molar-refractivity contribution >= 4 is 16.9 Å². The highest BCUT2D eigenvalue weighted by Gasteiger charge is 2.43. The molecule has 3 aliphatic heterocycles. The third-order valence-corrected chi connectivity index (χ3v) is 6.41. The van der Waals surface area contributed by atoms with E-state index in [0.717, 1.165) is 36.0 Å². The number of amides is 2. The van der Waals surface area contributed by atoms with E-state index >= 15 is 0 Å². The van der Waals surface area contributed by atoms with E-state index in [0.29, 0.717) is 11.8 Å². The van der Waals surface area contributed by atoms with Crippen LogP contribution in [0.3, 0.4) is 0 Å². The molecule has 2 bridgehead atoms. The summed E-state index contributed by atoms with van der Waals surface area (Å²) in [7, 11) is 0. The number of nitrogens with zero attached hydrogens (tertiary/aromatic N) is 2. The zero-order chi connectivity index (χ0) is 21.5. The van der Waals surface area contributed by atoms with Crippen LogP contribution in [0.15, 0.2) is 43.1 Å². The van der Waals surface area contributed by atoms with E-state index in [4.69, 9.17) is 0 Å². The van der Waals surface area contributed by atoms with E-state index in [1.54, 1.807) is 18.3 Å². The smallest absolute Gasteiger partial charge is 0.315 e. The molecule has 0 saturated carbocycles. The van der Waals surface area contributed by atoms with Crippen LogP contribution in [-0.4, -0.2) is 45.7 Å². The quantitative estimate of drug-likeness (QED) is 0.669. The van der Waals surface area contributed by atoms with Gasteiger partial charge in [0.05, 0.1) is 11.6 Å². The molecule has 1 aromatic carbocycles. The number of benzene rings is 1. The molecule has 3 N–H and O–H groups in total. The van der Waals surface area contributed by atoms with Crippen LogP contribution in [0.2, 0.25) is 0 Å². The third kappa shape index (κ3) is 4.15. The summed E-state index contributed by atoms with van der Waals surface area (Å²) >= 11 is 0. The van der Waals surface area contributed by atoms with Gasteiger partial charge in [0.25, 0.3) is 0 Å². The number of hydrogen-bond acceptors (Lipinski definition) is 4. The maximum Gasteiger partial charge on any atom is 0.315 e. The SMILES string of the molecule is C=C[C@H]1CN2CC[C@H]1C[C@H]2[C@H](NC(=O)NC(C)(C)C)c1ccnc2ccc(O)cc12. The van der Waals surface area contributed by atoms with Crippen molar-refractivity contribution in [2.75, 3.05) is 13.1 Å². The third-order valence-electron chi connectivity index (χ3n) is 6.41. The van der Waals surface area contributed by atoms with E-state index in [9.17, 15) is 9.90 Å². The second-order valence-electron chi connectivity index (χ2n) is 9.67. The van der Waals surface area contributed by atoms with Crippen LogP contribution in [0.5, 0.6) is 5.75 Å². The van der Waals surface area contributed by atoms with Gasteiger partial charge in [0, 0.05) is 29.7 Å². The first-order valence-electron chi connectivity index (χ1n) is 10.8. The fraction of sp³-hybridized carbons (Fsp3) is 0.500. The molecule has 2 aromatic rings. The van der Waals surface area contributed by atoms with E-state index in [1.807, 2.05) is 32.9 Å². The first kappa shape index (κ1) is 20.7. The number of nitrogens with one attached hydrogen (secondary N) is 2. The van der Waals surface area contributed by atoms with E-state index < -0.39 is 0 Å². The molecule has 0 aliphatic carbocycles. The Morgan fingerprint density at radius 2 is 2.17 bits per heavy atom. The number of piperidine rings is 3. The van der Waals surface area contributed by atoms with Crippen LogP contribution < -0.4 is 10.6 Å². The number of rotatable bonds is 4. The first-order chi connectivity index (χ1) is 14.2. The van der Waals surface area contributed by atoms with Crippen molar-refractivity contribution < 1.29 is 9.90 Å². The zero-order valence-corrected chi connectivity index (χ0v) is 18.1. The van der Waals surface area contributed by atoms with Crippen molar-refractivity contribution in [1.82, 2.24) is 20.5 Å². The molecule has 0 spiro atoms. The number of pyridine rings is 1. The Labute approximate surface area is 178 Å². The van der Waals surface area contributed by atoms with Gasteiger partial charge >= 0.3 is 6.03 Å². The number of aromatic nitrogens is 1. The summed E-state index contributed by atoms with van der Waals surface area (Å²) in [6, 6.07) is 7.00. The molecule has 160 valence electrons. The minimum absolute atomic E-state index is 0.180. The predicted molar refractivity (Wildman–Crippen MR) is 119 cm³/mol. The van der Waals surface area contributed by atoms with Crippen LogP contribution in [0.4, 0.5) is 4.79 Å². The minimum atomic E-state index is -0.326. The zero-order valence-electron chi connectivity index (χ0n) is 18.1. The standard InChI is InChI=1S/C24H32N4O2/c1-5-15-14-28-11-9-16(15)12-21(28)22(26-23(30)27-24(2,3)4)18-8-10-25-20-7-6-17(29)13-19(18)20/h5-8,10,13,15-16,21-22,29H,1,9,11-12,14H2,2-4H3,(H2,26,27,30)/t15-,16-,21-,22+/m0/s1. The highest BCUT2D eigenvalue weighted by atomic mass is 16.3. The lowest BCUT2D eigenvalue weighted by atomic mass is 9.73. The lowest BCUT2D eigenvalue weighted by Gasteiger charge is -2.51. The molecule has 30 heavy (non-hydrogen) atoms. The van der Waals surface area contributed by atoms with Gasteiger partial charge in [0.2, 0.25) is 0 Å². The molecule has 3 aliphatic rings. The number of phenolic OH excluding ortho intramolecular Hbond substituents is 1. The number of carbonyl (C=O) groups is 1. The summed E-state index contributed by atoms with van der Waals surface area (Å²) in [5, 5.41) is 17.3. The van der Waals surface area contributed by atoms with Crippen molar-refractivity contribution in [2.24, 2.45) is 11.8 Å². The minimum Gasteiger partial charge on any atom is -0.508 e. The van der Waals surface area contributed by atoms with Gasteiger partial charge in [-0.05, 0) is 81.8 Å². The highest BCUT2D eigenvalue weighted by Crippen LogP contribution is 2.42. The first-order valence-corrected chi connectivity index (χ1v) is 10.8. The molecule has 5 atom stereocenters. The summed E-state index contributed by atoms with van der Waals surface area (Å²) in [5.41, 5.74) is 1.48. The second-order valence-corrected chi connectivity index (χ2v) is 9.67. The maximum atomic E-state index is 12.9. The van der Waals surface area contributed by atoms with Gasteiger partial charge in [0.1, 0.15) is 5.75 Å². The summed E-state index contributed by atoms with van der Waals surface area (Å²) < 4.78 is 0. The Hall–Kier alpha value is -2.60. The van der Waals surface area contributed by atoms with Gasteiger partial charge in [-0.3, -0.25) is 9.88 Å². The van der Waals surface area contributed by atoms with Crippen molar-refractivity contribution in [3.63, 3.8) is 0 Å². The van der Waals surface area contributed by atoms with Crippen LogP contribution >= 0.6 is 0 Å². The normalized spacial score (nSPS) is 26.9. The Morgan fingerprint density at radius 1 is 1.37 bits per heavy atom. The molecule has 2 amide bonds. The molecule has 6 nitrogen and oxygen atoms in total. The number of phenols is 1. The molecular weight excluding hydrogens is 376 g/mol. The molecule has 4 heterocycles. The number of urea groups is 1. The lowest BCUT2D eigenvalue weighted by molar-refractivity contribution is 0.00301. The van der Waals surface area contributed by atoms with Gasteiger partial charge in [-0.25, -0.2) is 4.79 Å². The number of hydrogen-bond donors (Lipinski definition) is 3. The van der Waals surface area contributed by atoms with Crippen LogP contribution in [-0.2, 0) is 0 Å². The van der Waals surface area contributed by atoms with Crippen molar-refractivity contribution in [1.29, 1.82) is 0 Å². The summed E-state index contributed by atoms with van der Waals surface area (Å²) in [6.45, 7) is 12.0. The Morgan fingerprint density at radius 3 is 2.83 bits per heavy atom. The van der Waals surface area contributed by atoms with Gasteiger partial charge in [-0.2, -0.15) is 0 Å². The fourth-order valence-electron chi connectivity index (χ4n) is 5.05. The molecular formula is C24H32N4O2. The van der Waals surface area contributed by atoms with Gasteiger partial charge in [-0.1, -0.05) is 6.08 Å². The van der Waals surface area contributed by atoms with Crippen LogP contribution in [0.25, 0.3) is 10.9 Å². The highest BCUT2D eigenvalue weighted by molar-refractivity contribution is 5.85. The molecule has 5 rings (SSSR count). The van der Waals surface area contributed by atoms with Crippen LogP contribution in [0.1, 0.15) is 45.2 Å². The average molecular weight is 409 g/mol. The van der Waals surface area contributed by atoms with E-state index in [1.165, 1.54) is 6.42 Å². The van der Waals surface area contributed by atoms with Crippen LogP contribution in [0, 0.1) is 11.8 Å². The topological polar surface area (TPSA) is 77.5 Å². The Kier molecular flexibility index (Phi) is 5.45. The number of fused-ring (bicyclic) bond motifs is 4. The summed E-state index contributed by atoms with van der Waals surface area (Å²) in [4.78, 5) is 19.8. The molecule has 3 saturated heterocycles. The average Bonchev–Trinajstić information content (AvgIpc) is 2.70. The monoisotopic (exact) mass is 408 g/mol. The molecule has 3 fully saturated rings. The molecule has 1 unspecified atom stereocenters. The lowest BCUT2D eigenvalue weighted by Crippen LogP contribution is -2.59. The number of carbonyl (C=O) groups excluding carboxylic acids is 1. The van der Waals surface area contributed by atoms with Crippen molar-refractivity contribution in [3.8, 4) is 5.75 Å². The second kappa shape index (κ2) is 7.91. The molecule has 1 aromatic heterocycles. The number of aromatic hydroxyl groups is 1. The molecule has 0 radical (unpaired) electrons. The fourth-order valence-corrected chi connectivity index (χ4v) is 5.05.